The average Bonchev–Trinajstić information content (AvgIpc) is 2.85. The number of benzene rings is 3. The first-order valence-electron chi connectivity index (χ1n) is 11.4. The number of aliphatic hydroxyl groups is 1. The summed E-state index contributed by atoms with van der Waals surface area (Å²) in [6.45, 7) is 3.38. The molecule has 0 saturated carbocycles. The van der Waals surface area contributed by atoms with Gasteiger partial charge >= 0.3 is 0 Å². The van der Waals surface area contributed by atoms with Gasteiger partial charge in [-0.3, -0.25) is 4.79 Å². The second kappa shape index (κ2) is 10.2. The van der Waals surface area contributed by atoms with Crippen molar-refractivity contribution in [1.82, 2.24) is 10.0 Å². The van der Waals surface area contributed by atoms with Gasteiger partial charge in [0.25, 0.3) is 5.91 Å². The molecular formula is C26H25F3N2O5S. The molecule has 3 aromatic rings. The molecule has 0 fully saturated rings. The van der Waals surface area contributed by atoms with Gasteiger partial charge in [-0.05, 0) is 56.2 Å². The lowest BCUT2D eigenvalue weighted by Gasteiger charge is -2.42. The standard InChI is InChI=1S/C26H25F3N2O5S/c1-26(2)24(32)23(31-37(34,35)20-11-9-18(27)21(28)22(20)29)17-14-16(8-10-19(17)36-26)25(33)30-13-12-15-6-4-3-5-7-15/h3-11,14,23-24,31-32H,12-13H2,1-2H3,(H,30,33)/t23-,24+/m1/s1. The number of halogens is 3. The summed E-state index contributed by atoms with van der Waals surface area (Å²) >= 11 is 0. The summed E-state index contributed by atoms with van der Waals surface area (Å²) < 4.78 is 75.3. The van der Waals surface area contributed by atoms with E-state index >= 15 is 0 Å². The van der Waals surface area contributed by atoms with Gasteiger partial charge in [0, 0.05) is 17.7 Å². The molecule has 0 spiro atoms. The predicted octanol–water partition coefficient (Wildman–Crippen LogP) is 3.63. The largest absolute Gasteiger partial charge is 0.485 e. The summed E-state index contributed by atoms with van der Waals surface area (Å²) in [6, 6.07) is 13.5. The molecule has 2 atom stereocenters. The molecule has 196 valence electrons. The van der Waals surface area contributed by atoms with Crippen molar-refractivity contribution in [2.75, 3.05) is 6.54 Å². The van der Waals surface area contributed by atoms with E-state index in [-0.39, 0.29) is 16.9 Å². The first-order chi connectivity index (χ1) is 17.4. The van der Waals surface area contributed by atoms with Gasteiger partial charge < -0.3 is 15.2 Å². The Balaban J connectivity index is 1.62. The van der Waals surface area contributed by atoms with E-state index in [1.807, 2.05) is 30.3 Å². The molecule has 4 rings (SSSR count). The highest BCUT2D eigenvalue weighted by molar-refractivity contribution is 7.89. The maximum Gasteiger partial charge on any atom is 0.251 e. The van der Waals surface area contributed by atoms with Crippen molar-refractivity contribution < 1.29 is 36.2 Å². The summed E-state index contributed by atoms with van der Waals surface area (Å²) in [5.41, 5.74) is 0.0391. The average molecular weight is 535 g/mol. The van der Waals surface area contributed by atoms with Crippen molar-refractivity contribution in [1.29, 1.82) is 0 Å². The Morgan fingerprint density at radius 2 is 1.73 bits per heavy atom. The zero-order valence-electron chi connectivity index (χ0n) is 20.0. The fourth-order valence-corrected chi connectivity index (χ4v) is 5.37. The molecule has 11 heteroatoms. The number of hydrogen-bond acceptors (Lipinski definition) is 5. The number of carbonyl (C=O) groups is 1. The van der Waals surface area contributed by atoms with Crippen LogP contribution >= 0.6 is 0 Å². The highest BCUT2D eigenvalue weighted by Gasteiger charge is 2.45. The summed E-state index contributed by atoms with van der Waals surface area (Å²) in [7, 11) is -4.78. The van der Waals surface area contributed by atoms with E-state index < -0.39 is 56.0 Å². The lowest BCUT2D eigenvalue weighted by molar-refractivity contribution is -0.0603. The summed E-state index contributed by atoms with van der Waals surface area (Å²) in [4.78, 5) is 11.7. The maximum absolute atomic E-state index is 14.3. The van der Waals surface area contributed by atoms with Crippen molar-refractivity contribution in [3.05, 3.63) is 94.8 Å². The lowest BCUT2D eigenvalue weighted by atomic mass is 9.86. The van der Waals surface area contributed by atoms with Crippen molar-refractivity contribution in [3.63, 3.8) is 0 Å². The smallest absolute Gasteiger partial charge is 0.251 e. The van der Waals surface area contributed by atoms with Crippen LogP contribution in [-0.2, 0) is 16.4 Å². The number of carbonyl (C=O) groups excluding carboxylic acids is 1. The molecule has 0 bridgehead atoms. The summed E-state index contributed by atoms with van der Waals surface area (Å²) in [5, 5.41) is 13.7. The second-order valence-electron chi connectivity index (χ2n) is 9.17. The van der Waals surface area contributed by atoms with Crippen molar-refractivity contribution in [2.45, 2.75) is 42.9 Å². The van der Waals surface area contributed by atoms with Crippen LogP contribution in [0.2, 0.25) is 0 Å². The van der Waals surface area contributed by atoms with E-state index in [9.17, 15) is 31.5 Å². The summed E-state index contributed by atoms with van der Waals surface area (Å²) in [6.07, 6.45) is -0.894. The second-order valence-corrected chi connectivity index (χ2v) is 10.8. The van der Waals surface area contributed by atoms with Crippen LogP contribution in [0.5, 0.6) is 5.75 Å². The Bertz CT molecular complexity index is 1430. The van der Waals surface area contributed by atoms with Crippen LogP contribution in [0.4, 0.5) is 13.2 Å². The number of ether oxygens (including phenoxy) is 1. The van der Waals surface area contributed by atoms with Crippen LogP contribution in [0.1, 0.15) is 41.4 Å². The molecule has 0 aliphatic carbocycles. The molecule has 0 unspecified atom stereocenters. The van der Waals surface area contributed by atoms with E-state index in [0.717, 1.165) is 5.56 Å². The van der Waals surface area contributed by atoms with Crippen molar-refractivity contribution >= 4 is 15.9 Å². The van der Waals surface area contributed by atoms with E-state index in [4.69, 9.17) is 4.74 Å². The topological polar surface area (TPSA) is 105 Å². The fourth-order valence-electron chi connectivity index (χ4n) is 4.08. The van der Waals surface area contributed by atoms with Crippen LogP contribution in [0.25, 0.3) is 0 Å². The molecule has 3 aromatic carbocycles. The van der Waals surface area contributed by atoms with E-state index in [2.05, 4.69) is 10.0 Å². The molecular weight excluding hydrogens is 509 g/mol. The highest BCUT2D eigenvalue weighted by Crippen LogP contribution is 2.41. The minimum Gasteiger partial charge on any atom is -0.485 e. The molecule has 0 radical (unpaired) electrons. The highest BCUT2D eigenvalue weighted by atomic mass is 32.2. The zero-order valence-corrected chi connectivity index (χ0v) is 20.8. The van der Waals surface area contributed by atoms with Gasteiger partial charge in [0.1, 0.15) is 22.4 Å². The van der Waals surface area contributed by atoms with Crippen molar-refractivity contribution in [2.24, 2.45) is 0 Å². The molecule has 1 aliphatic rings. The van der Waals surface area contributed by atoms with Crippen LogP contribution in [0.15, 0.2) is 65.6 Å². The predicted molar refractivity (Wildman–Crippen MR) is 129 cm³/mol. The monoisotopic (exact) mass is 534 g/mol. The van der Waals surface area contributed by atoms with Crippen LogP contribution in [-0.4, -0.2) is 37.7 Å². The van der Waals surface area contributed by atoms with Gasteiger partial charge in [0.05, 0.1) is 6.04 Å². The SMILES string of the molecule is CC1(C)Oc2ccc(C(=O)NCCc3ccccc3)cc2[C@@H](NS(=O)(=O)c2ccc(F)c(F)c2F)[C@@H]1O. The van der Waals surface area contributed by atoms with E-state index in [0.29, 0.717) is 25.1 Å². The third-order valence-corrected chi connectivity index (χ3v) is 7.58. The maximum atomic E-state index is 14.3. The third-order valence-electron chi connectivity index (χ3n) is 6.12. The Labute approximate surface area is 212 Å². The Kier molecular flexibility index (Phi) is 7.31. The van der Waals surface area contributed by atoms with Gasteiger partial charge in [-0.2, -0.15) is 0 Å². The van der Waals surface area contributed by atoms with Crippen LogP contribution < -0.4 is 14.8 Å². The summed E-state index contributed by atoms with van der Waals surface area (Å²) in [5.74, 6) is -5.62. The Morgan fingerprint density at radius 3 is 2.43 bits per heavy atom. The number of rotatable bonds is 7. The van der Waals surface area contributed by atoms with E-state index in [1.165, 1.54) is 32.0 Å². The lowest BCUT2D eigenvalue weighted by Crippen LogP contribution is -2.53. The zero-order chi connectivity index (χ0) is 27.0. The number of aliphatic hydroxyl groups excluding tert-OH is 1. The van der Waals surface area contributed by atoms with Gasteiger partial charge in [-0.1, -0.05) is 30.3 Å². The third kappa shape index (κ3) is 5.48. The first-order valence-corrected chi connectivity index (χ1v) is 12.9. The Hall–Kier alpha value is -3.41. The molecule has 1 amide bonds. The molecule has 3 N–H and O–H groups in total. The van der Waals surface area contributed by atoms with Crippen molar-refractivity contribution in [3.8, 4) is 5.75 Å². The van der Waals surface area contributed by atoms with E-state index in [1.54, 1.807) is 0 Å². The van der Waals surface area contributed by atoms with Gasteiger partial charge in [0.2, 0.25) is 10.0 Å². The molecule has 0 aromatic heterocycles. The molecule has 1 aliphatic heterocycles. The molecule has 0 saturated heterocycles. The van der Waals surface area contributed by atoms with Gasteiger partial charge in [0.15, 0.2) is 17.5 Å². The molecule has 7 nitrogen and oxygen atoms in total. The quantitative estimate of drug-likeness (QED) is 0.402. The number of amides is 1. The number of fused-ring (bicyclic) bond motifs is 1. The number of sulfonamides is 1. The Morgan fingerprint density at radius 1 is 1.03 bits per heavy atom. The number of hydrogen-bond donors (Lipinski definition) is 3. The molecule has 37 heavy (non-hydrogen) atoms. The van der Waals surface area contributed by atoms with Gasteiger partial charge in [-0.15, -0.1) is 0 Å². The minimum absolute atomic E-state index is 0.120. The van der Waals surface area contributed by atoms with Gasteiger partial charge in [-0.25, -0.2) is 26.3 Å². The fraction of sp³-hybridized carbons (Fsp3) is 0.269. The number of nitrogens with one attached hydrogen (secondary N) is 2. The minimum atomic E-state index is -4.78. The first kappa shape index (κ1) is 26.6. The normalized spacial score (nSPS) is 18.5. The van der Waals surface area contributed by atoms with Crippen LogP contribution in [0, 0.1) is 17.5 Å². The molecule has 1 heterocycles. The van der Waals surface area contributed by atoms with Crippen LogP contribution in [0.3, 0.4) is 0 Å².